The van der Waals surface area contributed by atoms with Crippen molar-refractivity contribution in [1.29, 1.82) is 0 Å². The SMILES string of the molecule is COc1cc(O)c(C(=O)/C=C/c2ccc(Cl)cc2)cc1CN1CCNCC1Cc1ccccc1. The Labute approximate surface area is 205 Å². The van der Waals surface area contributed by atoms with Gasteiger partial charge in [0.2, 0.25) is 0 Å². The maximum absolute atomic E-state index is 12.9. The van der Waals surface area contributed by atoms with Gasteiger partial charge < -0.3 is 15.2 Å². The van der Waals surface area contributed by atoms with Crippen LogP contribution in [0.25, 0.3) is 6.08 Å². The zero-order valence-corrected chi connectivity index (χ0v) is 20.0. The first kappa shape index (κ1) is 24.0. The summed E-state index contributed by atoms with van der Waals surface area (Å²) in [5, 5.41) is 14.7. The molecule has 0 saturated carbocycles. The van der Waals surface area contributed by atoms with E-state index in [1.807, 2.05) is 18.2 Å². The number of ketones is 1. The Morgan fingerprint density at radius 2 is 1.94 bits per heavy atom. The van der Waals surface area contributed by atoms with Crippen molar-refractivity contribution in [2.75, 3.05) is 26.7 Å². The number of piperazine rings is 1. The van der Waals surface area contributed by atoms with Crippen LogP contribution in [0.15, 0.2) is 72.8 Å². The van der Waals surface area contributed by atoms with Gasteiger partial charge in [-0.1, -0.05) is 60.1 Å². The molecule has 4 rings (SSSR count). The molecule has 176 valence electrons. The van der Waals surface area contributed by atoms with Gasteiger partial charge in [-0.3, -0.25) is 9.69 Å². The molecule has 1 aliphatic heterocycles. The van der Waals surface area contributed by atoms with Gasteiger partial charge in [0.25, 0.3) is 0 Å². The molecule has 0 amide bonds. The molecular weight excluding hydrogens is 448 g/mol. The minimum atomic E-state index is -0.266. The number of halogens is 1. The van der Waals surface area contributed by atoms with E-state index < -0.39 is 0 Å². The van der Waals surface area contributed by atoms with Crippen molar-refractivity contribution in [3.8, 4) is 11.5 Å². The third kappa shape index (κ3) is 6.06. The summed E-state index contributed by atoms with van der Waals surface area (Å²) >= 11 is 5.93. The average molecular weight is 477 g/mol. The smallest absolute Gasteiger partial charge is 0.189 e. The predicted octanol–water partition coefficient (Wildman–Crippen LogP) is 4.97. The third-order valence-electron chi connectivity index (χ3n) is 6.12. The van der Waals surface area contributed by atoms with Crippen LogP contribution >= 0.6 is 11.6 Å². The molecule has 1 unspecified atom stereocenters. The van der Waals surface area contributed by atoms with E-state index in [0.717, 1.165) is 37.2 Å². The molecule has 0 spiro atoms. The number of allylic oxidation sites excluding steroid dienone is 1. The molecule has 1 atom stereocenters. The second-order valence-electron chi connectivity index (χ2n) is 8.45. The van der Waals surface area contributed by atoms with Gasteiger partial charge in [0.1, 0.15) is 11.5 Å². The van der Waals surface area contributed by atoms with E-state index in [-0.39, 0.29) is 17.1 Å². The highest BCUT2D eigenvalue weighted by Gasteiger charge is 2.24. The number of methoxy groups -OCH3 is 1. The number of hydrogen-bond acceptors (Lipinski definition) is 5. The lowest BCUT2D eigenvalue weighted by Crippen LogP contribution is -2.51. The Morgan fingerprint density at radius 3 is 2.68 bits per heavy atom. The number of benzene rings is 3. The van der Waals surface area contributed by atoms with Gasteiger partial charge in [0.05, 0.1) is 12.7 Å². The molecule has 2 N–H and O–H groups in total. The lowest BCUT2D eigenvalue weighted by molar-refractivity contribution is 0.104. The van der Waals surface area contributed by atoms with Crippen LogP contribution in [0.3, 0.4) is 0 Å². The van der Waals surface area contributed by atoms with Gasteiger partial charge in [-0.05, 0) is 41.8 Å². The third-order valence-corrected chi connectivity index (χ3v) is 6.37. The number of aromatic hydroxyl groups is 1. The van der Waals surface area contributed by atoms with Gasteiger partial charge in [0.15, 0.2) is 5.78 Å². The van der Waals surface area contributed by atoms with Crippen molar-refractivity contribution in [2.24, 2.45) is 0 Å². The van der Waals surface area contributed by atoms with E-state index in [1.54, 1.807) is 31.4 Å². The van der Waals surface area contributed by atoms with Gasteiger partial charge >= 0.3 is 0 Å². The molecule has 0 aromatic heterocycles. The molecule has 6 heteroatoms. The second kappa shape index (κ2) is 11.3. The van der Waals surface area contributed by atoms with E-state index in [1.165, 1.54) is 17.7 Å². The summed E-state index contributed by atoms with van der Waals surface area (Å²) in [7, 11) is 1.58. The Hall–Kier alpha value is -3.12. The van der Waals surface area contributed by atoms with Crippen molar-refractivity contribution in [3.05, 3.63) is 100 Å². The number of phenols is 1. The van der Waals surface area contributed by atoms with Crippen LogP contribution in [0.4, 0.5) is 0 Å². The highest BCUT2D eigenvalue weighted by Crippen LogP contribution is 2.31. The molecule has 0 aliphatic carbocycles. The lowest BCUT2D eigenvalue weighted by Gasteiger charge is -2.36. The van der Waals surface area contributed by atoms with Crippen molar-refractivity contribution >= 4 is 23.5 Å². The minimum absolute atomic E-state index is 0.0903. The highest BCUT2D eigenvalue weighted by atomic mass is 35.5. The Balaban J connectivity index is 1.55. The normalized spacial score (nSPS) is 16.6. The molecule has 1 heterocycles. The molecule has 0 radical (unpaired) electrons. The zero-order chi connectivity index (χ0) is 23.9. The highest BCUT2D eigenvalue weighted by molar-refractivity contribution is 6.30. The molecule has 0 bridgehead atoms. The van der Waals surface area contributed by atoms with E-state index in [4.69, 9.17) is 16.3 Å². The molecule has 3 aromatic carbocycles. The number of ether oxygens (including phenoxy) is 1. The van der Waals surface area contributed by atoms with Crippen LogP contribution in [-0.2, 0) is 13.0 Å². The van der Waals surface area contributed by atoms with Crippen LogP contribution in [0.2, 0.25) is 5.02 Å². The van der Waals surface area contributed by atoms with Gasteiger partial charge in [-0.15, -0.1) is 0 Å². The van der Waals surface area contributed by atoms with E-state index in [2.05, 4.69) is 34.5 Å². The monoisotopic (exact) mass is 476 g/mol. The summed E-state index contributed by atoms with van der Waals surface area (Å²) < 4.78 is 5.55. The van der Waals surface area contributed by atoms with Gasteiger partial charge in [0, 0.05) is 48.9 Å². The molecular formula is C28H29ClN2O3. The quantitative estimate of drug-likeness (QED) is 0.355. The van der Waals surface area contributed by atoms with E-state index >= 15 is 0 Å². The largest absolute Gasteiger partial charge is 0.507 e. The topological polar surface area (TPSA) is 61.8 Å². The lowest BCUT2D eigenvalue weighted by atomic mass is 10.00. The summed E-state index contributed by atoms with van der Waals surface area (Å²) in [6.07, 6.45) is 4.12. The van der Waals surface area contributed by atoms with Crippen LogP contribution in [0.1, 0.15) is 27.0 Å². The number of rotatable bonds is 8. The van der Waals surface area contributed by atoms with E-state index in [9.17, 15) is 9.90 Å². The van der Waals surface area contributed by atoms with Crippen LogP contribution in [-0.4, -0.2) is 48.6 Å². The van der Waals surface area contributed by atoms with Gasteiger partial charge in [-0.2, -0.15) is 0 Å². The Morgan fingerprint density at radius 1 is 1.18 bits per heavy atom. The van der Waals surface area contributed by atoms with E-state index in [0.29, 0.717) is 23.4 Å². The minimum Gasteiger partial charge on any atom is -0.507 e. The number of phenolic OH excluding ortho intramolecular Hbond substituents is 1. The summed E-state index contributed by atoms with van der Waals surface area (Å²) in [4.78, 5) is 15.3. The van der Waals surface area contributed by atoms with Crippen LogP contribution in [0.5, 0.6) is 11.5 Å². The van der Waals surface area contributed by atoms with Crippen LogP contribution in [0, 0.1) is 0 Å². The molecule has 5 nitrogen and oxygen atoms in total. The molecule has 1 saturated heterocycles. The number of nitrogens with one attached hydrogen (secondary N) is 1. The maximum Gasteiger partial charge on any atom is 0.189 e. The predicted molar refractivity (Wildman–Crippen MR) is 137 cm³/mol. The summed E-state index contributed by atoms with van der Waals surface area (Å²) in [5.41, 5.74) is 3.29. The standard InChI is InChI=1S/C28H29ClN2O3/c1-34-28-17-27(33)25(26(32)12-9-20-7-10-23(29)11-8-20)16-22(28)19-31-14-13-30-18-24(31)15-21-5-3-2-4-6-21/h2-12,16-17,24,30,33H,13-15,18-19H2,1H3/b12-9+. The average Bonchev–Trinajstić information content (AvgIpc) is 2.86. The fraction of sp³-hybridized carbons (Fsp3) is 0.250. The van der Waals surface area contributed by atoms with Crippen molar-refractivity contribution < 1.29 is 14.6 Å². The first-order valence-corrected chi connectivity index (χ1v) is 11.8. The van der Waals surface area contributed by atoms with Crippen molar-refractivity contribution in [1.82, 2.24) is 10.2 Å². The molecule has 34 heavy (non-hydrogen) atoms. The summed E-state index contributed by atoms with van der Waals surface area (Å²) in [6.45, 7) is 3.32. The first-order valence-electron chi connectivity index (χ1n) is 11.4. The number of carbonyl (C=O) groups is 1. The molecule has 1 fully saturated rings. The molecule has 1 aliphatic rings. The van der Waals surface area contributed by atoms with Crippen LogP contribution < -0.4 is 10.1 Å². The molecule has 3 aromatic rings. The second-order valence-corrected chi connectivity index (χ2v) is 8.88. The summed E-state index contributed by atoms with van der Waals surface area (Å²) in [5.74, 6) is 0.220. The zero-order valence-electron chi connectivity index (χ0n) is 19.2. The fourth-order valence-corrected chi connectivity index (χ4v) is 4.40. The maximum atomic E-state index is 12.9. The first-order chi connectivity index (χ1) is 16.5. The van der Waals surface area contributed by atoms with Crippen molar-refractivity contribution in [3.63, 3.8) is 0 Å². The summed E-state index contributed by atoms with van der Waals surface area (Å²) in [6, 6.07) is 21.3. The Bertz CT molecular complexity index is 1150. The Kier molecular flexibility index (Phi) is 8.01. The number of nitrogens with zero attached hydrogens (tertiary/aromatic N) is 1. The fourth-order valence-electron chi connectivity index (χ4n) is 4.28. The number of hydrogen-bond donors (Lipinski definition) is 2. The number of carbonyl (C=O) groups excluding carboxylic acids is 1. The van der Waals surface area contributed by atoms with Gasteiger partial charge in [-0.25, -0.2) is 0 Å². The van der Waals surface area contributed by atoms with Crippen molar-refractivity contribution in [2.45, 2.75) is 19.0 Å².